The van der Waals surface area contributed by atoms with Crippen LogP contribution in [0.25, 0.3) is 11.1 Å². The normalized spacial score (nSPS) is 17.6. The lowest BCUT2D eigenvalue weighted by atomic mass is 9.87. The van der Waals surface area contributed by atoms with Crippen molar-refractivity contribution >= 4 is 17.8 Å². The molecule has 1 aromatic heterocycles. The van der Waals surface area contributed by atoms with Gasteiger partial charge in [0.25, 0.3) is 5.91 Å². The molecule has 1 aliphatic heterocycles. The third-order valence-corrected chi connectivity index (χ3v) is 7.93. The molecular weight excluding hydrogens is 502 g/mol. The van der Waals surface area contributed by atoms with Gasteiger partial charge in [-0.3, -0.25) is 14.6 Å². The average Bonchev–Trinajstić information content (AvgIpc) is 3.81. The van der Waals surface area contributed by atoms with Crippen LogP contribution in [-0.4, -0.2) is 39.3 Å². The SMILES string of the molecule is O=C(O)c1cccc(-c2ccc(CNC(=O)[C@@H]3C[C@@H]3c3ccccc3)c3c2CCN(C(=O)c2cccnc2)C3)c1. The van der Waals surface area contributed by atoms with Gasteiger partial charge in [-0.1, -0.05) is 54.6 Å². The molecule has 4 aromatic rings. The van der Waals surface area contributed by atoms with Crippen molar-refractivity contribution in [2.75, 3.05) is 6.54 Å². The molecule has 2 heterocycles. The van der Waals surface area contributed by atoms with Crippen LogP contribution in [0.3, 0.4) is 0 Å². The number of fused-ring (bicyclic) bond motifs is 1. The van der Waals surface area contributed by atoms with Gasteiger partial charge in [-0.25, -0.2) is 4.79 Å². The number of amides is 2. The molecule has 0 saturated heterocycles. The van der Waals surface area contributed by atoms with Gasteiger partial charge in [-0.2, -0.15) is 0 Å². The molecule has 2 amide bonds. The van der Waals surface area contributed by atoms with Crippen molar-refractivity contribution in [3.63, 3.8) is 0 Å². The maximum absolute atomic E-state index is 13.3. The summed E-state index contributed by atoms with van der Waals surface area (Å²) in [6.45, 7) is 1.29. The lowest BCUT2D eigenvalue weighted by Crippen LogP contribution is -2.37. The van der Waals surface area contributed by atoms with E-state index in [1.165, 1.54) is 5.56 Å². The highest BCUT2D eigenvalue weighted by Gasteiger charge is 2.43. The Balaban J connectivity index is 1.28. The van der Waals surface area contributed by atoms with Crippen LogP contribution in [0, 0.1) is 5.92 Å². The van der Waals surface area contributed by atoms with Crippen LogP contribution in [0.4, 0.5) is 0 Å². The van der Waals surface area contributed by atoms with Crippen LogP contribution in [-0.2, 0) is 24.3 Å². The van der Waals surface area contributed by atoms with Gasteiger partial charge in [0.1, 0.15) is 0 Å². The van der Waals surface area contributed by atoms with Gasteiger partial charge < -0.3 is 15.3 Å². The van der Waals surface area contributed by atoms with Crippen molar-refractivity contribution in [2.24, 2.45) is 5.92 Å². The Morgan fingerprint density at radius 2 is 1.75 bits per heavy atom. The molecule has 0 spiro atoms. The molecule has 1 saturated carbocycles. The van der Waals surface area contributed by atoms with Crippen LogP contribution >= 0.6 is 0 Å². The summed E-state index contributed by atoms with van der Waals surface area (Å²) in [4.78, 5) is 43.8. The molecule has 1 fully saturated rings. The van der Waals surface area contributed by atoms with Gasteiger partial charge in [0.05, 0.1) is 11.1 Å². The van der Waals surface area contributed by atoms with E-state index in [2.05, 4.69) is 22.4 Å². The van der Waals surface area contributed by atoms with Crippen molar-refractivity contribution in [2.45, 2.75) is 31.8 Å². The Labute approximate surface area is 232 Å². The summed E-state index contributed by atoms with van der Waals surface area (Å²) in [6.07, 6.45) is 4.68. The molecule has 0 bridgehead atoms. The lowest BCUT2D eigenvalue weighted by Gasteiger charge is -2.32. The second-order valence-electron chi connectivity index (χ2n) is 10.4. The molecule has 40 heavy (non-hydrogen) atoms. The Hall–Kier alpha value is -4.78. The molecule has 200 valence electrons. The highest BCUT2D eigenvalue weighted by atomic mass is 16.4. The third-order valence-electron chi connectivity index (χ3n) is 7.93. The molecular formula is C33H29N3O4. The molecule has 2 atom stereocenters. The number of carbonyl (C=O) groups excluding carboxylic acids is 2. The maximum atomic E-state index is 13.3. The summed E-state index contributed by atoms with van der Waals surface area (Å²) >= 11 is 0. The van der Waals surface area contributed by atoms with Crippen LogP contribution in [0.2, 0.25) is 0 Å². The number of rotatable bonds is 7. The summed E-state index contributed by atoms with van der Waals surface area (Å²) in [6, 6.07) is 24.5. The van der Waals surface area contributed by atoms with Crippen molar-refractivity contribution in [3.8, 4) is 11.1 Å². The quantitative estimate of drug-likeness (QED) is 0.347. The minimum absolute atomic E-state index is 0.0279. The Bertz CT molecular complexity index is 1590. The smallest absolute Gasteiger partial charge is 0.335 e. The van der Waals surface area contributed by atoms with Gasteiger partial charge in [0, 0.05) is 37.9 Å². The van der Waals surface area contributed by atoms with E-state index in [-0.39, 0.29) is 29.2 Å². The summed E-state index contributed by atoms with van der Waals surface area (Å²) < 4.78 is 0. The van der Waals surface area contributed by atoms with Crippen LogP contribution in [0.1, 0.15) is 55.3 Å². The highest BCUT2D eigenvalue weighted by molar-refractivity contribution is 5.94. The largest absolute Gasteiger partial charge is 0.478 e. The number of aromatic nitrogens is 1. The predicted molar refractivity (Wildman–Crippen MR) is 151 cm³/mol. The van der Waals surface area contributed by atoms with E-state index in [0.717, 1.165) is 34.2 Å². The molecule has 7 heteroatoms. The first kappa shape index (κ1) is 25.5. The zero-order chi connectivity index (χ0) is 27.6. The fraction of sp³-hybridized carbons (Fsp3) is 0.212. The molecule has 7 nitrogen and oxygen atoms in total. The third kappa shape index (κ3) is 5.10. The Morgan fingerprint density at radius 1 is 0.925 bits per heavy atom. The second-order valence-corrected chi connectivity index (χ2v) is 10.4. The van der Waals surface area contributed by atoms with E-state index in [1.807, 2.05) is 41.3 Å². The van der Waals surface area contributed by atoms with E-state index >= 15 is 0 Å². The van der Waals surface area contributed by atoms with Crippen LogP contribution in [0.5, 0.6) is 0 Å². The van der Waals surface area contributed by atoms with Crippen molar-refractivity contribution in [3.05, 3.63) is 125 Å². The topological polar surface area (TPSA) is 99.6 Å². The summed E-state index contributed by atoms with van der Waals surface area (Å²) in [7, 11) is 0. The Kier molecular flexibility index (Phi) is 6.86. The zero-order valence-corrected chi connectivity index (χ0v) is 21.9. The fourth-order valence-electron chi connectivity index (χ4n) is 5.71. The predicted octanol–water partition coefficient (Wildman–Crippen LogP) is 5.07. The van der Waals surface area contributed by atoms with Crippen LogP contribution in [0.15, 0.2) is 91.3 Å². The number of carboxylic acids is 1. The van der Waals surface area contributed by atoms with E-state index in [1.54, 1.807) is 42.7 Å². The van der Waals surface area contributed by atoms with Gasteiger partial charge >= 0.3 is 5.97 Å². The number of aromatic carboxylic acids is 1. The molecule has 0 unspecified atom stereocenters. The average molecular weight is 532 g/mol. The molecule has 2 N–H and O–H groups in total. The summed E-state index contributed by atoms with van der Waals surface area (Å²) in [5, 5.41) is 12.7. The standard InChI is InChI=1S/C33H29N3O4/c37-31(29-17-28(29)21-6-2-1-3-7-21)35-19-24-11-12-26(22-8-4-9-23(16-22)33(39)40)27-13-15-36(20-30(24)27)32(38)25-10-5-14-34-18-25/h1-12,14,16,18,28-29H,13,15,17,19-20H2,(H,35,37)(H,39,40)/t28-,29-/m1/s1. The number of carbonyl (C=O) groups is 3. The Morgan fingerprint density at radius 3 is 2.52 bits per heavy atom. The lowest BCUT2D eigenvalue weighted by molar-refractivity contribution is -0.122. The second kappa shape index (κ2) is 10.8. The molecule has 0 radical (unpaired) electrons. The minimum atomic E-state index is -0.975. The molecule has 1 aliphatic carbocycles. The molecule has 3 aromatic carbocycles. The highest BCUT2D eigenvalue weighted by Crippen LogP contribution is 2.47. The molecule has 2 aliphatic rings. The van der Waals surface area contributed by atoms with E-state index in [9.17, 15) is 19.5 Å². The fourth-order valence-corrected chi connectivity index (χ4v) is 5.71. The summed E-state index contributed by atoms with van der Waals surface area (Å²) in [5.41, 5.74) is 6.77. The number of carboxylic acid groups (broad SMARTS) is 1. The van der Waals surface area contributed by atoms with E-state index in [0.29, 0.717) is 31.6 Å². The van der Waals surface area contributed by atoms with Crippen molar-refractivity contribution in [1.82, 2.24) is 15.2 Å². The van der Waals surface area contributed by atoms with Gasteiger partial charge in [-0.05, 0) is 76.4 Å². The number of hydrogen-bond acceptors (Lipinski definition) is 4. The van der Waals surface area contributed by atoms with Gasteiger partial charge in [-0.15, -0.1) is 0 Å². The van der Waals surface area contributed by atoms with Gasteiger partial charge in [0.2, 0.25) is 5.91 Å². The minimum Gasteiger partial charge on any atom is -0.478 e. The first-order valence-corrected chi connectivity index (χ1v) is 13.5. The summed E-state index contributed by atoms with van der Waals surface area (Å²) in [5.74, 6) is -0.792. The van der Waals surface area contributed by atoms with Gasteiger partial charge in [0.15, 0.2) is 0 Å². The number of hydrogen-bond donors (Lipinski definition) is 2. The van der Waals surface area contributed by atoms with E-state index in [4.69, 9.17) is 0 Å². The van der Waals surface area contributed by atoms with Crippen molar-refractivity contribution in [1.29, 1.82) is 0 Å². The van der Waals surface area contributed by atoms with Crippen LogP contribution < -0.4 is 5.32 Å². The monoisotopic (exact) mass is 531 g/mol. The number of benzene rings is 3. The molecule has 6 rings (SSSR count). The number of nitrogens with zero attached hydrogens (tertiary/aromatic N) is 2. The zero-order valence-electron chi connectivity index (χ0n) is 21.9. The maximum Gasteiger partial charge on any atom is 0.335 e. The van der Waals surface area contributed by atoms with Crippen molar-refractivity contribution < 1.29 is 19.5 Å². The number of pyridine rings is 1. The van der Waals surface area contributed by atoms with E-state index < -0.39 is 5.97 Å². The first-order valence-electron chi connectivity index (χ1n) is 13.5. The first-order chi connectivity index (χ1) is 19.5. The number of nitrogens with one attached hydrogen (secondary N) is 1.